The average Bonchev–Trinajstić information content (AvgIpc) is 3.60. The topological polar surface area (TPSA) is 59.8 Å². The van der Waals surface area contributed by atoms with E-state index in [1.165, 1.54) is 17.3 Å². The van der Waals surface area contributed by atoms with Crippen molar-refractivity contribution in [1.29, 1.82) is 0 Å². The molecule has 0 radical (unpaired) electrons. The van der Waals surface area contributed by atoms with Crippen molar-refractivity contribution in [3.8, 4) is 5.75 Å². The van der Waals surface area contributed by atoms with Crippen LogP contribution in [-0.4, -0.2) is 77.5 Å². The molecule has 3 atom stereocenters. The molecule has 1 saturated carbocycles. The minimum atomic E-state index is -0.210. The van der Waals surface area contributed by atoms with Crippen LogP contribution in [0.4, 0.5) is 4.39 Å². The summed E-state index contributed by atoms with van der Waals surface area (Å²) in [6.07, 6.45) is 4.38. The SMILES string of the molecule is CCn1nc(Cc2ccc(OC)cc2)cc1C1CCN(C[C@H]2C[C@H](OC(=O)CN(C)C(C)(C)C)C[C@@H]2c2cccc(F)c2)CC1.Cl.Cl.Cl. The van der Waals surface area contributed by atoms with E-state index in [0.717, 1.165) is 75.3 Å². The van der Waals surface area contributed by atoms with Gasteiger partial charge in [0.25, 0.3) is 0 Å². The summed E-state index contributed by atoms with van der Waals surface area (Å²) in [5.41, 5.74) is 4.58. The van der Waals surface area contributed by atoms with E-state index >= 15 is 0 Å². The van der Waals surface area contributed by atoms with Crippen LogP contribution < -0.4 is 4.74 Å². The molecule has 11 heteroatoms. The van der Waals surface area contributed by atoms with Crippen LogP contribution in [0.5, 0.6) is 5.75 Å². The highest BCUT2D eigenvalue weighted by atomic mass is 35.5. The summed E-state index contributed by atoms with van der Waals surface area (Å²) in [5, 5.41) is 4.95. The van der Waals surface area contributed by atoms with Crippen molar-refractivity contribution >= 4 is 43.2 Å². The van der Waals surface area contributed by atoms with Gasteiger partial charge >= 0.3 is 5.97 Å². The zero-order chi connectivity index (χ0) is 32.1. The zero-order valence-electron chi connectivity index (χ0n) is 29.2. The Morgan fingerprint density at radius 1 is 1.02 bits per heavy atom. The number of aryl methyl sites for hydroxylation is 1. The molecule has 1 aromatic heterocycles. The van der Waals surface area contributed by atoms with Gasteiger partial charge in [0.1, 0.15) is 17.7 Å². The second kappa shape index (κ2) is 18.6. The highest BCUT2D eigenvalue weighted by Crippen LogP contribution is 2.42. The number of benzene rings is 2. The molecule has 5 rings (SSSR count). The molecular formula is C37H54Cl3FN4O3. The lowest BCUT2D eigenvalue weighted by Crippen LogP contribution is -2.42. The largest absolute Gasteiger partial charge is 0.497 e. The van der Waals surface area contributed by atoms with Gasteiger partial charge in [-0.15, -0.1) is 37.2 Å². The molecular weight excluding hydrogens is 674 g/mol. The minimum absolute atomic E-state index is 0. The van der Waals surface area contributed by atoms with E-state index in [9.17, 15) is 9.18 Å². The van der Waals surface area contributed by atoms with E-state index in [0.29, 0.717) is 11.8 Å². The van der Waals surface area contributed by atoms with Crippen LogP contribution in [0.2, 0.25) is 0 Å². The average molecular weight is 728 g/mol. The molecule has 268 valence electrons. The molecule has 0 amide bonds. The van der Waals surface area contributed by atoms with Crippen LogP contribution in [0.15, 0.2) is 54.6 Å². The van der Waals surface area contributed by atoms with E-state index in [1.807, 2.05) is 30.1 Å². The first-order valence-electron chi connectivity index (χ1n) is 16.6. The summed E-state index contributed by atoms with van der Waals surface area (Å²) in [6.45, 7) is 12.5. The molecule has 2 heterocycles. The lowest BCUT2D eigenvalue weighted by atomic mass is 9.87. The number of hydrogen-bond acceptors (Lipinski definition) is 6. The summed E-state index contributed by atoms with van der Waals surface area (Å²) in [7, 11) is 3.64. The van der Waals surface area contributed by atoms with E-state index in [2.05, 4.69) is 55.5 Å². The number of piperidine rings is 1. The lowest BCUT2D eigenvalue weighted by Gasteiger charge is -2.35. The van der Waals surface area contributed by atoms with Crippen molar-refractivity contribution in [1.82, 2.24) is 19.6 Å². The first kappa shape index (κ1) is 41.8. The van der Waals surface area contributed by atoms with Crippen LogP contribution in [0.25, 0.3) is 0 Å². The Kier molecular flexibility index (Phi) is 16.2. The molecule has 48 heavy (non-hydrogen) atoms. The monoisotopic (exact) mass is 726 g/mol. The van der Waals surface area contributed by atoms with Gasteiger partial charge in [-0.05, 0) is 127 Å². The van der Waals surface area contributed by atoms with Crippen molar-refractivity contribution in [2.24, 2.45) is 5.92 Å². The maximum absolute atomic E-state index is 14.3. The van der Waals surface area contributed by atoms with Gasteiger partial charge in [-0.25, -0.2) is 4.39 Å². The highest BCUT2D eigenvalue weighted by Gasteiger charge is 2.39. The number of carbonyl (C=O) groups is 1. The Labute approximate surface area is 305 Å². The first-order chi connectivity index (χ1) is 21.5. The van der Waals surface area contributed by atoms with Crippen molar-refractivity contribution in [3.05, 3.63) is 82.9 Å². The molecule has 1 aliphatic carbocycles. The Hall–Kier alpha value is -2.36. The number of rotatable bonds is 11. The predicted molar refractivity (Wildman–Crippen MR) is 198 cm³/mol. The second-order valence-electron chi connectivity index (χ2n) is 14.0. The fraction of sp³-hybridized carbons (Fsp3) is 0.568. The second-order valence-corrected chi connectivity index (χ2v) is 14.0. The molecule has 0 N–H and O–H groups in total. The van der Waals surface area contributed by atoms with E-state index in [1.54, 1.807) is 19.2 Å². The van der Waals surface area contributed by atoms with Gasteiger partial charge in [0, 0.05) is 36.7 Å². The molecule has 1 saturated heterocycles. The van der Waals surface area contributed by atoms with Crippen LogP contribution in [0, 0.1) is 11.7 Å². The third-order valence-corrected chi connectivity index (χ3v) is 9.94. The molecule has 0 unspecified atom stereocenters. The summed E-state index contributed by atoms with van der Waals surface area (Å²) in [4.78, 5) is 17.4. The van der Waals surface area contributed by atoms with Crippen molar-refractivity contribution in [2.45, 2.75) is 89.8 Å². The number of methoxy groups -OCH3 is 1. The number of halogens is 4. The van der Waals surface area contributed by atoms with Gasteiger partial charge in [0.05, 0.1) is 19.3 Å². The quantitative estimate of drug-likeness (QED) is 0.187. The maximum atomic E-state index is 14.3. The zero-order valence-corrected chi connectivity index (χ0v) is 31.6. The van der Waals surface area contributed by atoms with E-state index < -0.39 is 0 Å². The Morgan fingerprint density at radius 2 is 1.71 bits per heavy atom. The lowest BCUT2D eigenvalue weighted by molar-refractivity contribution is -0.151. The summed E-state index contributed by atoms with van der Waals surface area (Å²) < 4.78 is 27.8. The highest BCUT2D eigenvalue weighted by molar-refractivity contribution is 5.86. The standard InChI is InChI=1S/C37H51FN4O3.3ClH/c1-7-42-35(22-31(39-42)19-26-11-13-32(44-6)14-12-26)27-15-17-41(18-16-27)24-29-21-33(45-36(43)25-40(5)37(2,3)4)23-34(29)28-9-8-10-30(38)20-28;;;/h8-14,20,22,27,29,33-34H,7,15-19,21,23-25H2,1-6H3;3*1H/t29-,33+,34-;;;/m1.../s1. The van der Waals surface area contributed by atoms with Crippen molar-refractivity contribution in [3.63, 3.8) is 0 Å². The summed E-state index contributed by atoms with van der Waals surface area (Å²) >= 11 is 0. The first-order valence-corrected chi connectivity index (χ1v) is 16.6. The van der Waals surface area contributed by atoms with Gasteiger partial charge in [-0.3, -0.25) is 14.4 Å². The number of hydrogen-bond donors (Lipinski definition) is 0. The number of likely N-dealkylation sites (N-methyl/N-ethyl adjacent to an activating group) is 1. The third kappa shape index (κ3) is 10.8. The van der Waals surface area contributed by atoms with Crippen LogP contribution in [-0.2, 0) is 22.5 Å². The van der Waals surface area contributed by atoms with Crippen LogP contribution in [0.1, 0.15) is 87.7 Å². The smallest absolute Gasteiger partial charge is 0.320 e. The number of likely N-dealkylation sites (tertiary alicyclic amines) is 1. The fourth-order valence-electron chi connectivity index (χ4n) is 7.02. The summed E-state index contributed by atoms with van der Waals surface area (Å²) in [5.74, 6) is 1.42. The van der Waals surface area contributed by atoms with Gasteiger partial charge < -0.3 is 14.4 Å². The number of carbonyl (C=O) groups excluding carboxylic acids is 1. The minimum Gasteiger partial charge on any atom is -0.497 e. The number of esters is 1. The predicted octanol–water partition coefficient (Wildman–Crippen LogP) is 7.92. The molecule has 2 aromatic carbocycles. The molecule has 0 spiro atoms. The number of aromatic nitrogens is 2. The number of ether oxygens (including phenoxy) is 2. The summed E-state index contributed by atoms with van der Waals surface area (Å²) in [6, 6.07) is 17.5. The third-order valence-electron chi connectivity index (χ3n) is 9.94. The Bertz CT molecular complexity index is 1420. The van der Waals surface area contributed by atoms with Gasteiger partial charge in [-0.1, -0.05) is 24.3 Å². The maximum Gasteiger partial charge on any atom is 0.320 e. The molecule has 0 bridgehead atoms. The Balaban J connectivity index is 0.00000267. The number of nitrogens with zero attached hydrogens (tertiary/aromatic N) is 4. The fourth-order valence-corrected chi connectivity index (χ4v) is 7.02. The van der Waals surface area contributed by atoms with Crippen LogP contribution in [0.3, 0.4) is 0 Å². The molecule has 2 fully saturated rings. The van der Waals surface area contributed by atoms with Gasteiger partial charge in [0.2, 0.25) is 0 Å². The van der Waals surface area contributed by atoms with E-state index in [4.69, 9.17) is 14.6 Å². The molecule has 1 aliphatic heterocycles. The van der Waals surface area contributed by atoms with Gasteiger partial charge in [-0.2, -0.15) is 5.10 Å². The van der Waals surface area contributed by atoms with E-state index in [-0.39, 0.29) is 73.1 Å². The molecule has 7 nitrogen and oxygen atoms in total. The van der Waals surface area contributed by atoms with Crippen molar-refractivity contribution in [2.75, 3.05) is 40.3 Å². The Morgan fingerprint density at radius 3 is 2.31 bits per heavy atom. The van der Waals surface area contributed by atoms with Crippen molar-refractivity contribution < 1.29 is 18.7 Å². The van der Waals surface area contributed by atoms with Crippen LogP contribution >= 0.6 is 37.2 Å². The molecule has 3 aromatic rings. The molecule has 2 aliphatic rings. The van der Waals surface area contributed by atoms with Gasteiger partial charge in [0.15, 0.2) is 0 Å². The normalized spacial score (nSPS) is 20.0.